The molecule has 23 heavy (non-hydrogen) atoms. The molecule has 124 valence electrons. The van der Waals surface area contributed by atoms with Crippen molar-refractivity contribution in [3.05, 3.63) is 48.0 Å². The van der Waals surface area contributed by atoms with Crippen LogP contribution in [0.1, 0.15) is 31.7 Å². The highest BCUT2D eigenvalue weighted by Gasteiger charge is 2.60. The first-order chi connectivity index (χ1) is 11.2. The molecule has 1 aromatic rings. The number of nitrogens with one attached hydrogen (secondary N) is 1. The second-order valence-corrected chi connectivity index (χ2v) is 8.30. The lowest BCUT2D eigenvalue weighted by Gasteiger charge is -2.37. The lowest BCUT2D eigenvalue weighted by Crippen LogP contribution is -2.53. The van der Waals surface area contributed by atoms with Crippen molar-refractivity contribution in [1.29, 1.82) is 0 Å². The molecule has 0 spiro atoms. The van der Waals surface area contributed by atoms with Crippen LogP contribution in [-0.2, 0) is 11.3 Å². The molecule has 2 aliphatic rings. The Kier molecular flexibility index (Phi) is 5.38. The Bertz CT molecular complexity index is 576. The predicted molar refractivity (Wildman–Crippen MR) is 98.8 cm³/mol. The van der Waals surface area contributed by atoms with E-state index in [0.29, 0.717) is 12.5 Å². The summed E-state index contributed by atoms with van der Waals surface area (Å²) in [6, 6.07) is 10.1. The molecule has 4 heteroatoms. The summed E-state index contributed by atoms with van der Waals surface area (Å²) in [7, 11) is 0. The minimum atomic E-state index is -0.495. The molecular weight excluding hydrogens is 326 g/mol. The molecule has 2 aliphatic carbocycles. The summed E-state index contributed by atoms with van der Waals surface area (Å²) < 4.78 is -0.495. The maximum atomic E-state index is 13.1. The van der Waals surface area contributed by atoms with Gasteiger partial charge in [0.15, 0.2) is 0 Å². The van der Waals surface area contributed by atoms with Crippen molar-refractivity contribution in [3.63, 3.8) is 0 Å². The molecule has 0 aromatic heterocycles. The van der Waals surface area contributed by atoms with Gasteiger partial charge in [-0.3, -0.25) is 4.79 Å². The van der Waals surface area contributed by atoms with E-state index >= 15 is 0 Å². The van der Waals surface area contributed by atoms with Crippen LogP contribution in [0.15, 0.2) is 42.5 Å². The van der Waals surface area contributed by atoms with Gasteiger partial charge < -0.3 is 5.32 Å². The number of amides is 1. The number of allylic oxidation sites excluding steroid dienone is 2. The number of hydrogen-bond donors (Lipinski definition) is 1. The molecular formula is C19H24ClNOS. The SMILES string of the molecule is CCCCS[C@@]1(C(=O)NCc2ccccc2)[C@@H]2C=C[C@@H](C2)[C@H]1Cl. The molecule has 1 saturated carbocycles. The Balaban J connectivity index is 1.73. The van der Waals surface area contributed by atoms with Gasteiger partial charge in [-0.1, -0.05) is 55.8 Å². The van der Waals surface area contributed by atoms with Crippen LogP contribution in [0, 0.1) is 11.8 Å². The number of fused-ring (bicyclic) bond motifs is 2. The Morgan fingerprint density at radius 1 is 1.35 bits per heavy atom. The van der Waals surface area contributed by atoms with Crippen LogP contribution in [-0.4, -0.2) is 21.8 Å². The summed E-state index contributed by atoms with van der Waals surface area (Å²) in [5, 5.41) is 3.04. The summed E-state index contributed by atoms with van der Waals surface area (Å²) in [6.07, 6.45) is 7.71. The lowest BCUT2D eigenvalue weighted by molar-refractivity contribution is -0.124. The van der Waals surface area contributed by atoms with Crippen molar-refractivity contribution in [3.8, 4) is 0 Å². The molecule has 1 fully saturated rings. The van der Waals surface area contributed by atoms with Gasteiger partial charge in [0.1, 0.15) is 4.75 Å². The average Bonchev–Trinajstić information content (AvgIpc) is 3.16. The first kappa shape index (κ1) is 16.9. The van der Waals surface area contributed by atoms with Gasteiger partial charge in [0.2, 0.25) is 5.91 Å². The number of alkyl halides is 1. The lowest BCUT2D eigenvalue weighted by atomic mass is 9.91. The Labute approximate surface area is 148 Å². The molecule has 0 radical (unpaired) electrons. The van der Waals surface area contributed by atoms with Crippen LogP contribution in [0.3, 0.4) is 0 Å². The van der Waals surface area contributed by atoms with Crippen molar-refractivity contribution in [2.45, 2.75) is 42.9 Å². The van der Waals surface area contributed by atoms with E-state index in [2.05, 4.69) is 24.4 Å². The quantitative estimate of drug-likeness (QED) is 0.449. The highest BCUT2D eigenvalue weighted by molar-refractivity contribution is 8.01. The highest BCUT2D eigenvalue weighted by atomic mass is 35.5. The van der Waals surface area contributed by atoms with E-state index in [9.17, 15) is 4.79 Å². The van der Waals surface area contributed by atoms with Gasteiger partial charge in [-0.05, 0) is 30.1 Å². The van der Waals surface area contributed by atoms with Gasteiger partial charge in [-0.25, -0.2) is 0 Å². The highest BCUT2D eigenvalue weighted by Crippen LogP contribution is 2.56. The van der Waals surface area contributed by atoms with Crippen LogP contribution in [0.5, 0.6) is 0 Å². The van der Waals surface area contributed by atoms with E-state index in [1.54, 1.807) is 11.8 Å². The number of unbranched alkanes of at least 4 members (excludes halogenated alkanes) is 1. The third kappa shape index (κ3) is 3.18. The van der Waals surface area contributed by atoms with Crippen molar-refractivity contribution in [1.82, 2.24) is 5.32 Å². The molecule has 0 aliphatic heterocycles. The number of halogens is 1. The molecule has 2 bridgehead atoms. The van der Waals surface area contributed by atoms with Gasteiger partial charge in [0.25, 0.3) is 0 Å². The number of benzene rings is 1. The first-order valence-corrected chi connectivity index (χ1v) is 9.89. The largest absolute Gasteiger partial charge is 0.351 e. The first-order valence-electron chi connectivity index (χ1n) is 8.47. The summed E-state index contributed by atoms with van der Waals surface area (Å²) in [5.74, 6) is 1.72. The fourth-order valence-corrected chi connectivity index (χ4v) is 5.97. The third-order valence-corrected chi connectivity index (χ3v) is 7.45. The minimum absolute atomic E-state index is 0.102. The summed E-state index contributed by atoms with van der Waals surface area (Å²) >= 11 is 8.53. The normalized spacial score (nSPS) is 31.5. The van der Waals surface area contributed by atoms with Crippen molar-refractivity contribution >= 4 is 29.3 Å². The fourth-order valence-electron chi connectivity index (χ4n) is 3.63. The van der Waals surface area contributed by atoms with Gasteiger partial charge in [0, 0.05) is 12.5 Å². The molecule has 1 aromatic carbocycles. The standard InChI is InChI=1S/C19H24ClNOS/c1-2-3-11-23-19(16-10-9-15(12-16)17(19)20)18(22)21-13-14-7-5-4-6-8-14/h4-10,15-17H,2-3,11-13H2,1H3,(H,21,22)/t15-,16+,17+,19-/m0/s1. The van der Waals surface area contributed by atoms with E-state index in [4.69, 9.17) is 11.6 Å². The second kappa shape index (κ2) is 7.31. The number of thioether (sulfide) groups is 1. The Morgan fingerprint density at radius 2 is 2.13 bits per heavy atom. The Morgan fingerprint density at radius 3 is 2.78 bits per heavy atom. The van der Waals surface area contributed by atoms with Crippen molar-refractivity contribution in [2.75, 3.05) is 5.75 Å². The van der Waals surface area contributed by atoms with Gasteiger partial charge in [0.05, 0.1) is 5.38 Å². The second-order valence-electron chi connectivity index (χ2n) is 6.46. The van der Waals surface area contributed by atoms with Crippen LogP contribution in [0.4, 0.5) is 0 Å². The fraction of sp³-hybridized carbons (Fsp3) is 0.526. The molecule has 0 saturated heterocycles. The van der Waals surface area contributed by atoms with E-state index < -0.39 is 4.75 Å². The van der Waals surface area contributed by atoms with Crippen LogP contribution < -0.4 is 5.32 Å². The number of carbonyl (C=O) groups excluding carboxylic acids is 1. The summed E-state index contributed by atoms with van der Waals surface area (Å²) in [6.45, 7) is 2.75. The summed E-state index contributed by atoms with van der Waals surface area (Å²) in [4.78, 5) is 13.1. The average molecular weight is 350 g/mol. The van der Waals surface area contributed by atoms with Gasteiger partial charge >= 0.3 is 0 Å². The maximum absolute atomic E-state index is 13.1. The van der Waals surface area contributed by atoms with Crippen LogP contribution in [0.25, 0.3) is 0 Å². The smallest absolute Gasteiger partial charge is 0.238 e. The maximum Gasteiger partial charge on any atom is 0.238 e. The Hall–Kier alpha value is -0.930. The molecule has 1 N–H and O–H groups in total. The number of carbonyl (C=O) groups is 1. The zero-order chi connectivity index (χ0) is 16.3. The molecule has 4 atom stereocenters. The number of rotatable bonds is 7. The minimum Gasteiger partial charge on any atom is -0.351 e. The molecule has 2 nitrogen and oxygen atoms in total. The van der Waals surface area contributed by atoms with E-state index in [0.717, 1.165) is 30.6 Å². The molecule has 0 heterocycles. The molecule has 0 unspecified atom stereocenters. The van der Waals surface area contributed by atoms with Crippen LogP contribution in [0.2, 0.25) is 0 Å². The van der Waals surface area contributed by atoms with E-state index in [-0.39, 0.29) is 17.2 Å². The third-order valence-electron chi connectivity index (χ3n) is 4.94. The topological polar surface area (TPSA) is 29.1 Å². The van der Waals surface area contributed by atoms with Crippen molar-refractivity contribution < 1.29 is 4.79 Å². The summed E-state index contributed by atoms with van der Waals surface area (Å²) in [5.41, 5.74) is 1.12. The molecule has 1 amide bonds. The zero-order valence-electron chi connectivity index (χ0n) is 13.5. The van der Waals surface area contributed by atoms with E-state index in [1.165, 1.54) is 0 Å². The van der Waals surface area contributed by atoms with Gasteiger partial charge in [-0.2, -0.15) is 0 Å². The van der Waals surface area contributed by atoms with Crippen LogP contribution >= 0.6 is 23.4 Å². The van der Waals surface area contributed by atoms with E-state index in [1.807, 2.05) is 30.3 Å². The van der Waals surface area contributed by atoms with Gasteiger partial charge in [-0.15, -0.1) is 23.4 Å². The van der Waals surface area contributed by atoms with Crippen molar-refractivity contribution in [2.24, 2.45) is 11.8 Å². The monoisotopic (exact) mass is 349 g/mol. The zero-order valence-corrected chi connectivity index (χ0v) is 15.1. The predicted octanol–water partition coefficient (Wildman–Crippen LogP) is 4.39. The molecule has 3 rings (SSSR count). The number of hydrogen-bond acceptors (Lipinski definition) is 2.